The van der Waals surface area contributed by atoms with Gasteiger partial charge < -0.3 is 0 Å². The Balaban J connectivity index is 2.03. The molecule has 2 aliphatic carbocycles. The van der Waals surface area contributed by atoms with Crippen LogP contribution in [0.15, 0.2) is 24.3 Å². The van der Waals surface area contributed by atoms with Crippen LogP contribution >= 0.6 is 0 Å². The Bertz CT molecular complexity index is 356. The lowest BCUT2D eigenvalue weighted by atomic mass is 9.71. The van der Waals surface area contributed by atoms with E-state index in [0.717, 1.165) is 23.7 Å². The molecular weight excluding hydrogens is 252 g/mol. The largest absolute Gasteiger partial charge is 0.0998 e. The third-order valence-electron chi connectivity index (χ3n) is 6.32. The highest BCUT2D eigenvalue weighted by Gasteiger charge is 2.29. The molecule has 2 aliphatic rings. The summed E-state index contributed by atoms with van der Waals surface area (Å²) in [6.45, 7) is 16.3. The van der Waals surface area contributed by atoms with E-state index in [0.29, 0.717) is 5.92 Å². The first-order valence-electron chi connectivity index (χ1n) is 9.32. The fourth-order valence-corrected chi connectivity index (χ4v) is 4.39. The van der Waals surface area contributed by atoms with Crippen molar-refractivity contribution >= 4 is 0 Å². The van der Waals surface area contributed by atoms with Crippen LogP contribution in [0.3, 0.4) is 0 Å². The number of rotatable bonds is 2. The lowest BCUT2D eigenvalue weighted by molar-refractivity contribution is 0.274. The zero-order valence-electron chi connectivity index (χ0n) is 14.7. The molecule has 2 rings (SSSR count). The molecule has 0 saturated heterocycles. The molecular formula is C21H36. The van der Waals surface area contributed by atoms with Crippen molar-refractivity contribution in [3.8, 4) is 0 Å². The van der Waals surface area contributed by atoms with E-state index in [9.17, 15) is 0 Å². The molecule has 21 heavy (non-hydrogen) atoms. The Morgan fingerprint density at radius 3 is 2.10 bits per heavy atom. The topological polar surface area (TPSA) is 0 Å². The SMILES string of the molecule is C=C1CCC(C)CCC(C)C(C(=C)C2CCC(C)CC2)C1. The van der Waals surface area contributed by atoms with Crippen LogP contribution in [0.4, 0.5) is 0 Å². The van der Waals surface area contributed by atoms with Crippen LogP contribution in [-0.2, 0) is 0 Å². The molecule has 3 unspecified atom stereocenters. The maximum atomic E-state index is 4.59. The van der Waals surface area contributed by atoms with Crippen molar-refractivity contribution in [1.29, 1.82) is 0 Å². The van der Waals surface area contributed by atoms with Gasteiger partial charge in [0.2, 0.25) is 0 Å². The van der Waals surface area contributed by atoms with E-state index in [1.54, 1.807) is 5.57 Å². The van der Waals surface area contributed by atoms with Crippen molar-refractivity contribution in [2.24, 2.45) is 29.6 Å². The average molecular weight is 289 g/mol. The molecule has 0 N–H and O–H groups in total. The van der Waals surface area contributed by atoms with Crippen LogP contribution in [-0.4, -0.2) is 0 Å². The summed E-state index contributed by atoms with van der Waals surface area (Å²) in [5.41, 5.74) is 3.05. The maximum absolute atomic E-state index is 4.59. The van der Waals surface area contributed by atoms with Gasteiger partial charge in [0.15, 0.2) is 0 Å². The zero-order chi connectivity index (χ0) is 15.4. The average Bonchev–Trinajstić information content (AvgIpc) is 2.53. The van der Waals surface area contributed by atoms with Crippen molar-refractivity contribution in [2.45, 2.75) is 78.6 Å². The van der Waals surface area contributed by atoms with Crippen LogP contribution in [0.1, 0.15) is 78.6 Å². The van der Waals surface area contributed by atoms with Gasteiger partial charge in [0.1, 0.15) is 0 Å². The number of hydrogen-bond acceptors (Lipinski definition) is 0. The highest BCUT2D eigenvalue weighted by molar-refractivity contribution is 5.13. The summed E-state index contributed by atoms with van der Waals surface area (Å²) in [5.74, 6) is 4.07. The van der Waals surface area contributed by atoms with Crippen molar-refractivity contribution in [3.05, 3.63) is 24.3 Å². The predicted octanol–water partition coefficient (Wildman–Crippen LogP) is 6.78. The van der Waals surface area contributed by atoms with E-state index in [1.165, 1.54) is 63.4 Å². The van der Waals surface area contributed by atoms with Gasteiger partial charge in [-0.05, 0) is 68.1 Å². The zero-order valence-corrected chi connectivity index (χ0v) is 14.7. The lowest BCUT2D eigenvalue weighted by Crippen LogP contribution is -2.23. The molecule has 0 aromatic rings. The molecule has 2 saturated carbocycles. The summed E-state index contributed by atoms with van der Waals surface area (Å²) >= 11 is 0. The highest BCUT2D eigenvalue weighted by atomic mass is 14.3. The molecule has 0 bridgehead atoms. The predicted molar refractivity (Wildman–Crippen MR) is 94.3 cm³/mol. The lowest BCUT2D eigenvalue weighted by Gasteiger charge is -2.35. The molecule has 2 fully saturated rings. The van der Waals surface area contributed by atoms with E-state index in [2.05, 4.69) is 33.9 Å². The molecule has 0 heteroatoms. The first-order valence-corrected chi connectivity index (χ1v) is 9.32. The van der Waals surface area contributed by atoms with Crippen LogP contribution < -0.4 is 0 Å². The molecule has 0 radical (unpaired) electrons. The van der Waals surface area contributed by atoms with E-state index in [4.69, 9.17) is 0 Å². The molecule has 0 heterocycles. The molecule has 3 atom stereocenters. The quantitative estimate of drug-likeness (QED) is 0.491. The minimum absolute atomic E-state index is 0.696. The summed E-state index contributed by atoms with van der Waals surface area (Å²) in [7, 11) is 0. The van der Waals surface area contributed by atoms with Crippen molar-refractivity contribution < 1.29 is 0 Å². The van der Waals surface area contributed by atoms with Gasteiger partial charge in [0, 0.05) is 0 Å². The maximum Gasteiger partial charge on any atom is -0.0140 e. The molecule has 0 spiro atoms. The Hall–Kier alpha value is -0.520. The molecule has 0 aliphatic heterocycles. The Morgan fingerprint density at radius 1 is 0.857 bits per heavy atom. The van der Waals surface area contributed by atoms with Gasteiger partial charge in [0.25, 0.3) is 0 Å². The fourth-order valence-electron chi connectivity index (χ4n) is 4.39. The molecule has 120 valence electrons. The summed E-state index contributed by atoms with van der Waals surface area (Å²) in [4.78, 5) is 0. The Kier molecular flexibility index (Phi) is 6.14. The minimum Gasteiger partial charge on any atom is -0.0998 e. The van der Waals surface area contributed by atoms with E-state index >= 15 is 0 Å². The van der Waals surface area contributed by atoms with Gasteiger partial charge in [-0.25, -0.2) is 0 Å². The monoisotopic (exact) mass is 288 g/mol. The van der Waals surface area contributed by atoms with Crippen LogP contribution in [0.25, 0.3) is 0 Å². The van der Waals surface area contributed by atoms with E-state index < -0.39 is 0 Å². The first kappa shape index (κ1) is 16.8. The second-order valence-electron chi connectivity index (χ2n) is 8.29. The minimum atomic E-state index is 0.696. The number of allylic oxidation sites excluding steroid dienone is 2. The standard InChI is InChI=1S/C21H36/c1-15-6-7-17(3)14-21(18(4)11-8-15)19(5)20-12-9-16(2)10-13-20/h15-16,18,20-21H,3,5-14H2,1-2,4H3. The van der Waals surface area contributed by atoms with Gasteiger partial charge in [-0.2, -0.15) is 0 Å². The van der Waals surface area contributed by atoms with Crippen LogP contribution in [0, 0.1) is 29.6 Å². The Morgan fingerprint density at radius 2 is 1.43 bits per heavy atom. The van der Waals surface area contributed by atoms with Crippen molar-refractivity contribution in [2.75, 3.05) is 0 Å². The van der Waals surface area contributed by atoms with Crippen molar-refractivity contribution in [3.63, 3.8) is 0 Å². The van der Waals surface area contributed by atoms with Crippen molar-refractivity contribution in [1.82, 2.24) is 0 Å². The van der Waals surface area contributed by atoms with E-state index in [1.807, 2.05) is 0 Å². The third-order valence-corrected chi connectivity index (χ3v) is 6.32. The number of hydrogen-bond donors (Lipinski definition) is 0. The molecule has 0 aromatic carbocycles. The first-order chi connectivity index (χ1) is 9.97. The fraction of sp³-hybridized carbons (Fsp3) is 0.810. The second kappa shape index (κ2) is 7.65. The molecule has 0 amide bonds. The smallest absolute Gasteiger partial charge is 0.0140 e. The van der Waals surface area contributed by atoms with Crippen LogP contribution in [0.5, 0.6) is 0 Å². The molecule has 0 aromatic heterocycles. The normalized spacial score (nSPS) is 39.2. The van der Waals surface area contributed by atoms with E-state index in [-0.39, 0.29) is 0 Å². The highest BCUT2D eigenvalue weighted by Crippen LogP contribution is 2.42. The summed E-state index contributed by atoms with van der Waals surface area (Å²) in [6, 6.07) is 0. The van der Waals surface area contributed by atoms with Gasteiger partial charge in [-0.3, -0.25) is 0 Å². The third kappa shape index (κ3) is 4.73. The van der Waals surface area contributed by atoms with Gasteiger partial charge in [-0.15, -0.1) is 0 Å². The van der Waals surface area contributed by atoms with Gasteiger partial charge >= 0.3 is 0 Å². The Labute approximate surface area is 133 Å². The van der Waals surface area contributed by atoms with Gasteiger partial charge in [-0.1, -0.05) is 64.3 Å². The van der Waals surface area contributed by atoms with Crippen LogP contribution in [0.2, 0.25) is 0 Å². The summed E-state index contributed by atoms with van der Waals surface area (Å²) in [5, 5.41) is 0. The second-order valence-corrected chi connectivity index (χ2v) is 8.29. The summed E-state index contributed by atoms with van der Waals surface area (Å²) < 4.78 is 0. The summed E-state index contributed by atoms with van der Waals surface area (Å²) in [6.07, 6.45) is 12.1. The van der Waals surface area contributed by atoms with Gasteiger partial charge in [0.05, 0.1) is 0 Å². The molecule has 0 nitrogen and oxygen atoms in total.